The molecule has 0 saturated heterocycles. The van der Waals surface area contributed by atoms with Crippen LogP contribution < -0.4 is 10.6 Å². The number of pyridine rings is 2. The van der Waals surface area contributed by atoms with Crippen LogP contribution in [0.25, 0.3) is 10.7 Å². The molecule has 0 aromatic carbocycles. The third kappa shape index (κ3) is 3.94. The number of nitrogens with one attached hydrogen (secondary N) is 2. The zero-order chi connectivity index (χ0) is 16.8. The molecule has 0 atom stereocenters. The summed E-state index contributed by atoms with van der Waals surface area (Å²) in [5, 5.41) is 6.89. The smallest absolute Gasteiger partial charge is 0.263 e. The summed E-state index contributed by atoms with van der Waals surface area (Å²) >= 11 is 1.36. The highest BCUT2D eigenvalue weighted by Crippen LogP contribution is 2.26. The normalized spacial score (nSPS) is 10.4. The van der Waals surface area contributed by atoms with Gasteiger partial charge in [0.05, 0.1) is 11.4 Å². The van der Waals surface area contributed by atoms with Crippen LogP contribution in [0.1, 0.15) is 15.4 Å². The van der Waals surface area contributed by atoms with Crippen LogP contribution in [0.4, 0.5) is 5.69 Å². The summed E-state index contributed by atoms with van der Waals surface area (Å²) in [4.78, 5) is 25.6. The summed E-state index contributed by atoms with van der Waals surface area (Å²) in [5.41, 5.74) is 2.48. The van der Waals surface area contributed by atoms with Crippen LogP contribution in [0.3, 0.4) is 0 Å². The van der Waals surface area contributed by atoms with Gasteiger partial charge in [0.1, 0.15) is 9.88 Å². The van der Waals surface area contributed by atoms with E-state index in [0.717, 1.165) is 22.1 Å². The van der Waals surface area contributed by atoms with Gasteiger partial charge in [-0.1, -0.05) is 6.07 Å². The van der Waals surface area contributed by atoms with E-state index in [1.165, 1.54) is 11.3 Å². The Balaban J connectivity index is 1.56. The topological polar surface area (TPSA) is 79.8 Å². The Hall–Kier alpha value is -2.80. The molecule has 0 unspecified atom stereocenters. The number of carbonyl (C=O) groups is 1. The molecule has 6 nitrogen and oxygen atoms in total. The fourth-order valence-electron chi connectivity index (χ4n) is 2.14. The highest BCUT2D eigenvalue weighted by Gasteiger charge is 2.16. The lowest BCUT2D eigenvalue weighted by Crippen LogP contribution is -2.28. The van der Waals surface area contributed by atoms with E-state index in [4.69, 9.17) is 0 Å². The van der Waals surface area contributed by atoms with Crippen LogP contribution >= 0.6 is 11.3 Å². The van der Waals surface area contributed by atoms with Crippen molar-refractivity contribution in [2.24, 2.45) is 0 Å². The summed E-state index contributed by atoms with van der Waals surface area (Å²) in [6.45, 7) is 3.01. The largest absolute Gasteiger partial charge is 0.383 e. The first-order chi connectivity index (χ1) is 11.7. The first-order valence-corrected chi connectivity index (χ1v) is 8.36. The average Bonchev–Trinajstić information content (AvgIpc) is 3.02. The van der Waals surface area contributed by atoms with Crippen molar-refractivity contribution in [3.05, 3.63) is 59.5 Å². The Labute approximate surface area is 144 Å². The minimum Gasteiger partial charge on any atom is -0.383 e. The van der Waals surface area contributed by atoms with Gasteiger partial charge in [-0.05, 0) is 31.2 Å². The average molecular weight is 339 g/mol. The third-order valence-electron chi connectivity index (χ3n) is 3.31. The molecule has 3 heterocycles. The van der Waals surface area contributed by atoms with Gasteiger partial charge in [-0.2, -0.15) is 0 Å². The van der Waals surface area contributed by atoms with Gasteiger partial charge >= 0.3 is 0 Å². The SMILES string of the molecule is Cc1nc(-c2ccccn2)sc1C(=O)NCCNc1ccncc1. The zero-order valence-corrected chi connectivity index (χ0v) is 14.0. The van der Waals surface area contributed by atoms with Gasteiger partial charge in [-0.3, -0.25) is 14.8 Å². The van der Waals surface area contributed by atoms with E-state index in [1.54, 1.807) is 18.6 Å². The molecule has 3 aromatic rings. The fourth-order valence-corrected chi connectivity index (χ4v) is 3.10. The second-order valence-corrected chi connectivity index (χ2v) is 6.07. The molecule has 2 N–H and O–H groups in total. The van der Waals surface area contributed by atoms with E-state index in [0.29, 0.717) is 18.0 Å². The Morgan fingerprint density at radius 1 is 1.12 bits per heavy atom. The third-order valence-corrected chi connectivity index (χ3v) is 4.49. The number of aryl methyl sites for hydroxylation is 1. The van der Waals surface area contributed by atoms with Crippen molar-refractivity contribution in [1.29, 1.82) is 0 Å². The molecule has 3 rings (SSSR count). The molecular weight excluding hydrogens is 322 g/mol. The molecule has 3 aromatic heterocycles. The van der Waals surface area contributed by atoms with Gasteiger partial charge in [-0.25, -0.2) is 4.98 Å². The minimum atomic E-state index is -0.108. The van der Waals surface area contributed by atoms with E-state index < -0.39 is 0 Å². The maximum absolute atomic E-state index is 12.3. The Kier molecular flexibility index (Phi) is 5.12. The van der Waals surface area contributed by atoms with Crippen LogP contribution in [0.2, 0.25) is 0 Å². The molecule has 122 valence electrons. The van der Waals surface area contributed by atoms with Gasteiger partial charge in [0.25, 0.3) is 5.91 Å². The first-order valence-electron chi connectivity index (χ1n) is 7.55. The van der Waals surface area contributed by atoms with Crippen LogP contribution in [0.15, 0.2) is 48.9 Å². The van der Waals surface area contributed by atoms with Crippen molar-refractivity contribution in [3.63, 3.8) is 0 Å². The lowest BCUT2D eigenvalue weighted by Gasteiger charge is -2.07. The molecule has 0 aliphatic rings. The van der Waals surface area contributed by atoms with Crippen molar-refractivity contribution < 1.29 is 4.79 Å². The summed E-state index contributed by atoms with van der Waals surface area (Å²) in [6.07, 6.45) is 5.16. The van der Waals surface area contributed by atoms with E-state index in [-0.39, 0.29) is 5.91 Å². The van der Waals surface area contributed by atoms with Crippen LogP contribution in [-0.2, 0) is 0 Å². The molecule has 0 saturated carbocycles. The summed E-state index contributed by atoms with van der Waals surface area (Å²) in [5.74, 6) is -0.108. The number of carbonyl (C=O) groups excluding carboxylic acids is 1. The van der Waals surface area contributed by atoms with E-state index in [2.05, 4.69) is 25.6 Å². The molecule has 0 radical (unpaired) electrons. The standard InChI is InChI=1S/C17H17N5OS/c1-12-15(24-17(22-12)14-4-2-3-7-20-14)16(23)21-11-10-19-13-5-8-18-9-6-13/h2-9H,10-11H2,1H3,(H,18,19)(H,21,23). The van der Waals surface area contributed by atoms with Gasteiger partial charge in [0.15, 0.2) is 0 Å². The quantitative estimate of drug-likeness (QED) is 0.675. The summed E-state index contributed by atoms with van der Waals surface area (Å²) in [6, 6.07) is 9.41. The van der Waals surface area contributed by atoms with E-state index in [9.17, 15) is 4.79 Å². The number of hydrogen-bond acceptors (Lipinski definition) is 6. The lowest BCUT2D eigenvalue weighted by atomic mass is 10.3. The van der Waals surface area contributed by atoms with Crippen molar-refractivity contribution in [2.45, 2.75) is 6.92 Å². The molecule has 0 bridgehead atoms. The molecule has 24 heavy (non-hydrogen) atoms. The second-order valence-electron chi connectivity index (χ2n) is 5.07. The Bertz CT molecular complexity index is 804. The molecule has 0 fully saturated rings. The number of hydrogen-bond donors (Lipinski definition) is 2. The minimum absolute atomic E-state index is 0.108. The van der Waals surface area contributed by atoms with Gasteiger partial charge < -0.3 is 10.6 Å². The maximum atomic E-state index is 12.3. The van der Waals surface area contributed by atoms with Crippen molar-refractivity contribution >= 4 is 22.9 Å². The Morgan fingerprint density at radius 3 is 2.71 bits per heavy atom. The van der Waals surface area contributed by atoms with Crippen LogP contribution in [0.5, 0.6) is 0 Å². The molecular formula is C17H17N5OS. The summed E-state index contributed by atoms with van der Waals surface area (Å²) in [7, 11) is 0. The highest BCUT2D eigenvalue weighted by molar-refractivity contribution is 7.17. The number of rotatable bonds is 6. The number of amides is 1. The molecule has 0 spiro atoms. The number of aromatic nitrogens is 3. The monoisotopic (exact) mass is 339 g/mol. The zero-order valence-electron chi connectivity index (χ0n) is 13.2. The number of nitrogens with zero attached hydrogens (tertiary/aromatic N) is 3. The first kappa shape index (κ1) is 16.1. The van der Waals surface area contributed by atoms with Crippen molar-refractivity contribution in [3.8, 4) is 10.7 Å². The maximum Gasteiger partial charge on any atom is 0.263 e. The highest BCUT2D eigenvalue weighted by atomic mass is 32.1. The van der Waals surface area contributed by atoms with Crippen LogP contribution in [-0.4, -0.2) is 33.9 Å². The molecule has 1 amide bonds. The van der Waals surface area contributed by atoms with Gasteiger partial charge in [0.2, 0.25) is 0 Å². The second kappa shape index (κ2) is 7.65. The fraction of sp³-hybridized carbons (Fsp3) is 0.176. The Morgan fingerprint density at radius 2 is 1.96 bits per heavy atom. The molecule has 0 aliphatic heterocycles. The molecule has 7 heteroatoms. The number of thiazole rings is 1. The van der Waals surface area contributed by atoms with Crippen LogP contribution in [0, 0.1) is 6.92 Å². The van der Waals surface area contributed by atoms with Crippen molar-refractivity contribution in [1.82, 2.24) is 20.3 Å². The predicted molar refractivity (Wildman–Crippen MR) is 95.1 cm³/mol. The van der Waals surface area contributed by atoms with Crippen molar-refractivity contribution in [2.75, 3.05) is 18.4 Å². The van der Waals surface area contributed by atoms with E-state index in [1.807, 2.05) is 37.3 Å². The lowest BCUT2D eigenvalue weighted by molar-refractivity contribution is 0.0958. The number of anilines is 1. The predicted octanol–water partition coefficient (Wildman–Crippen LogP) is 2.75. The van der Waals surface area contributed by atoms with Gasteiger partial charge in [0, 0.05) is 37.4 Å². The summed E-state index contributed by atoms with van der Waals surface area (Å²) < 4.78 is 0. The molecule has 0 aliphatic carbocycles. The van der Waals surface area contributed by atoms with Gasteiger partial charge in [-0.15, -0.1) is 11.3 Å². The van der Waals surface area contributed by atoms with E-state index >= 15 is 0 Å².